The predicted molar refractivity (Wildman–Crippen MR) is 124 cm³/mol. The van der Waals surface area contributed by atoms with Crippen molar-refractivity contribution < 1.29 is 22.3 Å². The van der Waals surface area contributed by atoms with E-state index in [0.717, 1.165) is 0 Å². The zero-order valence-corrected chi connectivity index (χ0v) is 19.5. The molecule has 0 fully saturated rings. The molecule has 0 N–H and O–H groups in total. The minimum atomic E-state index is -3.95. The van der Waals surface area contributed by atoms with Crippen LogP contribution in [0.5, 0.6) is 5.88 Å². The molecule has 0 aliphatic rings. The zero-order valence-electron chi connectivity index (χ0n) is 18.7. The number of hydrogen-bond donors (Lipinski definition) is 0. The van der Waals surface area contributed by atoms with Crippen molar-refractivity contribution >= 4 is 21.6 Å². The lowest BCUT2D eigenvalue weighted by Gasteiger charge is -2.28. The van der Waals surface area contributed by atoms with Crippen LogP contribution >= 0.6 is 0 Å². The van der Waals surface area contributed by atoms with Crippen LogP contribution in [0.2, 0.25) is 0 Å². The Balaban J connectivity index is 1.94. The van der Waals surface area contributed by atoms with Crippen LogP contribution in [-0.2, 0) is 10.0 Å². The molecule has 3 aromatic rings. The summed E-state index contributed by atoms with van der Waals surface area (Å²) >= 11 is 0. The van der Waals surface area contributed by atoms with E-state index in [-0.39, 0.29) is 29.5 Å². The van der Waals surface area contributed by atoms with Crippen molar-refractivity contribution in [2.75, 3.05) is 31.0 Å². The first-order valence-corrected chi connectivity index (χ1v) is 11.8. The van der Waals surface area contributed by atoms with E-state index in [1.165, 1.54) is 46.8 Å². The molecule has 2 aromatic carbocycles. The van der Waals surface area contributed by atoms with Crippen molar-refractivity contribution in [3.63, 3.8) is 0 Å². The Morgan fingerprint density at radius 2 is 1.82 bits per heavy atom. The molecule has 3 rings (SSSR count). The van der Waals surface area contributed by atoms with Gasteiger partial charge in [0, 0.05) is 24.7 Å². The molecule has 1 aromatic heterocycles. The average molecular weight is 472 g/mol. The Hall–Kier alpha value is -3.46. The van der Waals surface area contributed by atoms with Gasteiger partial charge in [-0.05, 0) is 49.7 Å². The molecule has 1 heterocycles. The van der Waals surface area contributed by atoms with Gasteiger partial charge in [0.1, 0.15) is 5.82 Å². The smallest absolute Gasteiger partial charge is 0.264 e. The van der Waals surface area contributed by atoms with E-state index in [4.69, 9.17) is 4.74 Å². The molecule has 0 aliphatic carbocycles. The minimum absolute atomic E-state index is 0.0143. The van der Waals surface area contributed by atoms with Gasteiger partial charge in [-0.25, -0.2) is 17.8 Å². The standard InChI is InChI=1S/C24H26FN3O4S/c1-4-27(24(29)19-9-7-10-20(25)16-19)14-15-28(21-12-13-23(32-3)26-17-21)33(30,31)22-11-6-5-8-18(22)2/h5-13,16-17H,4,14-15H2,1-3H3. The molecule has 1 amide bonds. The fourth-order valence-corrected chi connectivity index (χ4v) is 5.08. The van der Waals surface area contributed by atoms with Gasteiger partial charge in [0.25, 0.3) is 15.9 Å². The summed E-state index contributed by atoms with van der Waals surface area (Å²) in [5.74, 6) is -0.536. The Labute approximate surface area is 193 Å². The molecule has 7 nitrogen and oxygen atoms in total. The lowest BCUT2D eigenvalue weighted by molar-refractivity contribution is 0.0769. The van der Waals surface area contributed by atoms with Crippen molar-refractivity contribution in [1.29, 1.82) is 0 Å². The molecule has 0 saturated heterocycles. The first kappa shape index (κ1) is 24.2. The van der Waals surface area contributed by atoms with E-state index < -0.39 is 15.8 Å². The predicted octanol–water partition coefficient (Wildman–Crippen LogP) is 3.90. The first-order chi connectivity index (χ1) is 15.8. The monoisotopic (exact) mass is 471 g/mol. The number of pyridine rings is 1. The summed E-state index contributed by atoms with van der Waals surface area (Å²) in [6, 6.07) is 15.3. The number of likely N-dealkylation sites (N-methyl/N-ethyl adjacent to an activating group) is 1. The number of benzene rings is 2. The van der Waals surface area contributed by atoms with E-state index >= 15 is 0 Å². The number of methoxy groups -OCH3 is 1. The van der Waals surface area contributed by atoms with Crippen LogP contribution in [0.15, 0.2) is 71.8 Å². The van der Waals surface area contributed by atoms with Gasteiger partial charge in [0.05, 0.1) is 30.4 Å². The van der Waals surface area contributed by atoms with Gasteiger partial charge in [-0.2, -0.15) is 0 Å². The van der Waals surface area contributed by atoms with Crippen molar-refractivity contribution in [2.45, 2.75) is 18.7 Å². The Kier molecular flexibility index (Phi) is 7.65. The van der Waals surface area contributed by atoms with Gasteiger partial charge in [-0.3, -0.25) is 9.10 Å². The number of aryl methyl sites for hydroxylation is 1. The number of hydrogen-bond acceptors (Lipinski definition) is 5. The molecule has 0 radical (unpaired) electrons. The molecule has 0 unspecified atom stereocenters. The van der Waals surface area contributed by atoms with Gasteiger partial charge < -0.3 is 9.64 Å². The van der Waals surface area contributed by atoms with Crippen molar-refractivity contribution in [2.24, 2.45) is 0 Å². The molecule has 0 aliphatic heterocycles. The van der Waals surface area contributed by atoms with Gasteiger partial charge in [-0.1, -0.05) is 24.3 Å². The molecule has 174 valence electrons. The van der Waals surface area contributed by atoms with Crippen LogP contribution in [0.3, 0.4) is 0 Å². The molecule has 0 saturated carbocycles. The van der Waals surface area contributed by atoms with Gasteiger partial charge in [0.15, 0.2) is 0 Å². The maximum Gasteiger partial charge on any atom is 0.264 e. The van der Waals surface area contributed by atoms with Crippen LogP contribution in [-0.4, -0.2) is 51.0 Å². The fourth-order valence-electron chi connectivity index (χ4n) is 3.41. The number of amides is 1. The SMILES string of the molecule is CCN(CCN(c1ccc(OC)nc1)S(=O)(=O)c1ccccc1C)C(=O)c1cccc(F)c1. The number of ether oxygens (including phenoxy) is 1. The summed E-state index contributed by atoms with van der Waals surface area (Å²) in [7, 11) is -2.48. The molecule has 0 spiro atoms. The van der Waals surface area contributed by atoms with E-state index in [0.29, 0.717) is 23.7 Å². The Morgan fingerprint density at radius 1 is 1.06 bits per heavy atom. The van der Waals surface area contributed by atoms with E-state index in [1.54, 1.807) is 50.2 Å². The molecule has 9 heteroatoms. The molecular weight excluding hydrogens is 445 g/mol. The van der Waals surface area contributed by atoms with Crippen molar-refractivity contribution in [1.82, 2.24) is 9.88 Å². The van der Waals surface area contributed by atoms with Crippen molar-refractivity contribution in [3.05, 3.63) is 83.8 Å². The van der Waals surface area contributed by atoms with Gasteiger partial charge in [-0.15, -0.1) is 0 Å². The summed E-state index contributed by atoms with van der Waals surface area (Å²) < 4.78 is 47.1. The lowest BCUT2D eigenvalue weighted by atomic mass is 10.2. The second-order valence-corrected chi connectivity index (χ2v) is 9.13. The number of aromatic nitrogens is 1. The largest absolute Gasteiger partial charge is 0.481 e. The highest BCUT2D eigenvalue weighted by atomic mass is 32.2. The van der Waals surface area contributed by atoms with Crippen molar-refractivity contribution in [3.8, 4) is 5.88 Å². The number of halogens is 1. The number of carbonyl (C=O) groups excluding carboxylic acids is 1. The Morgan fingerprint density at radius 3 is 2.42 bits per heavy atom. The quantitative estimate of drug-likeness (QED) is 0.473. The molecule has 33 heavy (non-hydrogen) atoms. The summed E-state index contributed by atoms with van der Waals surface area (Å²) in [6.45, 7) is 3.92. The van der Waals surface area contributed by atoms with E-state index in [2.05, 4.69) is 4.98 Å². The maximum absolute atomic E-state index is 13.6. The lowest BCUT2D eigenvalue weighted by Crippen LogP contribution is -2.41. The van der Waals surface area contributed by atoms with Crippen LogP contribution < -0.4 is 9.04 Å². The third-order valence-electron chi connectivity index (χ3n) is 5.19. The number of carbonyl (C=O) groups is 1. The first-order valence-electron chi connectivity index (χ1n) is 10.4. The number of sulfonamides is 1. The second kappa shape index (κ2) is 10.4. The summed E-state index contributed by atoms with van der Waals surface area (Å²) in [5.41, 5.74) is 1.15. The van der Waals surface area contributed by atoms with Crippen LogP contribution in [0.4, 0.5) is 10.1 Å². The summed E-state index contributed by atoms with van der Waals surface area (Å²) in [5, 5.41) is 0. The maximum atomic E-state index is 13.6. The highest BCUT2D eigenvalue weighted by molar-refractivity contribution is 7.92. The fraction of sp³-hybridized carbons (Fsp3) is 0.250. The molecule has 0 bridgehead atoms. The highest BCUT2D eigenvalue weighted by Crippen LogP contribution is 2.26. The minimum Gasteiger partial charge on any atom is -0.481 e. The molecule has 0 atom stereocenters. The van der Waals surface area contributed by atoms with Crippen LogP contribution in [0, 0.1) is 12.7 Å². The molecular formula is C24H26FN3O4S. The van der Waals surface area contributed by atoms with E-state index in [1.807, 2.05) is 0 Å². The van der Waals surface area contributed by atoms with Gasteiger partial charge in [0.2, 0.25) is 5.88 Å². The Bertz CT molecular complexity index is 1220. The number of nitrogens with zero attached hydrogens (tertiary/aromatic N) is 3. The number of rotatable bonds is 9. The summed E-state index contributed by atoms with van der Waals surface area (Å²) in [6.07, 6.45) is 1.42. The highest BCUT2D eigenvalue weighted by Gasteiger charge is 2.28. The van der Waals surface area contributed by atoms with Crippen LogP contribution in [0.25, 0.3) is 0 Å². The summed E-state index contributed by atoms with van der Waals surface area (Å²) in [4.78, 5) is 18.7. The third-order valence-corrected chi connectivity index (χ3v) is 7.18. The zero-order chi connectivity index (χ0) is 24.0. The second-order valence-electron chi connectivity index (χ2n) is 7.30. The van der Waals surface area contributed by atoms with E-state index in [9.17, 15) is 17.6 Å². The normalized spacial score (nSPS) is 11.2. The number of anilines is 1. The average Bonchev–Trinajstić information content (AvgIpc) is 2.81. The topological polar surface area (TPSA) is 79.8 Å². The third kappa shape index (κ3) is 5.48. The van der Waals surface area contributed by atoms with Gasteiger partial charge >= 0.3 is 0 Å². The van der Waals surface area contributed by atoms with Crippen LogP contribution in [0.1, 0.15) is 22.8 Å².